The first-order valence-corrected chi connectivity index (χ1v) is 7.95. The molecular formula is C17H24N2. The molecule has 1 saturated heterocycles. The van der Waals surface area contributed by atoms with Crippen molar-refractivity contribution < 1.29 is 0 Å². The average molecular weight is 256 g/mol. The van der Waals surface area contributed by atoms with Crippen LogP contribution in [-0.4, -0.2) is 30.1 Å². The van der Waals surface area contributed by atoms with E-state index >= 15 is 0 Å². The fraction of sp³-hybridized carbons (Fsp3) is 0.647. The second kappa shape index (κ2) is 4.92. The van der Waals surface area contributed by atoms with E-state index in [0.717, 1.165) is 18.5 Å². The van der Waals surface area contributed by atoms with E-state index in [2.05, 4.69) is 34.5 Å². The summed E-state index contributed by atoms with van der Waals surface area (Å²) < 4.78 is 0. The molecule has 1 atom stereocenters. The Balaban J connectivity index is 1.34. The van der Waals surface area contributed by atoms with Crippen molar-refractivity contribution in [3.8, 4) is 0 Å². The summed E-state index contributed by atoms with van der Waals surface area (Å²) in [5.41, 5.74) is 3.14. The molecule has 0 spiro atoms. The number of nitrogens with zero attached hydrogens (tertiary/aromatic N) is 1. The third kappa shape index (κ3) is 2.70. The van der Waals surface area contributed by atoms with Gasteiger partial charge in [-0.15, -0.1) is 0 Å². The second-order valence-electron chi connectivity index (χ2n) is 6.57. The first-order chi connectivity index (χ1) is 9.40. The molecule has 1 aromatic rings. The Morgan fingerprint density at radius 2 is 1.89 bits per heavy atom. The lowest BCUT2D eigenvalue weighted by Crippen LogP contribution is -2.33. The highest BCUT2D eigenvalue weighted by Crippen LogP contribution is 2.41. The maximum atomic E-state index is 3.79. The fourth-order valence-corrected chi connectivity index (χ4v) is 3.47. The number of hydrogen-bond acceptors (Lipinski definition) is 2. The topological polar surface area (TPSA) is 15.3 Å². The van der Waals surface area contributed by atoms with Gasteiger partial charge in [-0.1, -0.05) is 24.3 Å². The monoisotopic (exact) mass is 256 g/mol. The Labute approximate surface area is 116 Å². The fourth-order valence-electron chi connectivity index (χ4n) is 3.47. The number of benzene rings is 1. The van der Waals surface area contributed by atoms with Crippen LogP contribution in [0.1, 0.15) is 49.1 Å². The van der Waals surface area contributed by atoms with Gasteiger partial charge in [0, 0.05) is 31.7 Å². The van der Waals surface area contributed by atoms with Gasteiger partial charge < -0.3 is 5.32 Å². The van der Waals surface area contributed by atoms with Gasteiger partial charge in [-0.2, -0.15) is 0 Å². The summed E-state index contributed by atoms with van der Waals surface area (Å²) in [5, 5.41) is 3.79. The third-order valence-electron chi connectivity index (χ3n) is 4.94. The van der Waals surface area contributed by atoms with Crippen LogP contribution in [0.5, 0.6) is 0 Å². The molecule has 2 nitrogen and oxygen atoms in total. The number of nitrogens with one attached hydrogen (secondary N) is 1. The standard InChI is InChI=1S/C17H24N2/c1-2-4-17(13-5-6-13)14(3-1)11-18-15-9-10-19(12-15)16-7-8-16/h1-4,13,15-16,18H,5-12H2. The highest BCUT2D eigenvalue weighted by Gasteiger charge is 2.34. The normalized spacial score (nSPS) is 27.9. The van der Waals surface area contributed by atoms with Crippen LogP contribution < -0.4 is 5.32 Å². The van der Waals surface area contributed by atoms with Gasteiger partial charge in [0.05, 0.1) is 0 Å². The van der Waals surface area contributed by atoms with Crippen LogP contribution in [0.4, 0.5) is 0 Å². The summed E-state index contributed by atoms with van der Waals surface area (Å²) in [6.07, 6.45) is 7.02. The maximum Gasteiger partial charge on any atom is 0.0211 e. The van der Waals surface area contributed by atoms with Gasteiger partial charge in [-0.25, -0.2) is 0 Å². The Morgan fingerprint density at radius 3 is 2.68 bits per heavy atom. The summed E-state index contributed by atoms with van der Waals surface area (Å²) in [7, 11) is 0. The number of hydrogen-bond donors (Lipinski definition) is 1. The summed E-state index contributed by atoms with van der Waals surface area (Å²) in [6, 6.07) is 10.7. The van der Waals surface area contributed by atoms with E-state index in [1.54, 1.807) is 5.56 Å². The molecule has 2 aliphatic carbocycles. The van der Waals surface area contributed by atoms with Crippen molar-refractivity contribution in [2.75, 3.05) is 13.1 Å². The first-order valence-electron chi connectivity index (χ1n) is 7.95. The van der Waals surface area contributed by atoms with E-state index in [4.69, 9.17) is 0 Å². The zero-order chi connectivity index (χ0) is 12.7. The molecular weight excluding hydrogens is 232 g/mol. The lowest BCUT2D eigenvalue weighted by Gasteiger charge is -2.17. The van der Waals surface area contributed by atoms with Gasteiger partial charge in [-0.3, -0.25) is 4.90 Å². The minimum atomic E-state index is 0.716. The Hall–Kier alpha value is -0.860. The van der Waals surface area contributed by atoms with Crippen molar-refractivity contribution in [1.82, 2.24) is 10.2 Å². The van der Waals surface area contributed by atoms with Crippen molar-refractivity contribution in [2.45, 2.75) is 56.7 Å². The molecule has 19 heavy (non-hydrogen) atoms. The van der Waals surface area contributed by atoms with Crippen molar-refractivity contribution in [3.05, 3.63) is 35.4 Å². The average Bonchev–Trinajstić information content (AvgIpc) is 3.36. The van der Waals surface area contributed by atoms with E-state index < -0.39 is 0 Å². The van der Waals surface area contributed by atoms with Crippen LogP contribution >= 0.6 is 0 Å². The lowest BCUT2D eigenvalue weighted by atomic mass is 10.0. The van der Waals surface area contributed by atoms with E-state index in [9.17, 15) is 0 Å². The van der Waals surface area contributed by atoms with Crippen LogP contribution in [0, 0.1) is 0 Å². The number of likely N-dealkylation sites (tertiary alicyclic amines) is 1. The Kier molecular flexibility index (Phi) is 3.08. The smallest absolute Gasteiger partial charge is 0.0211 e. The van der Waals surface area contributed by atoms with Gasteiger partial charge in [0.2, 0.25) is 0 Å². The Morgan fingerprint density at radius 1 is 1.05 bits per heavy atom. The molecule has 1 aliphatic heterocycles. The molecule has 0 radical (unpaired) electrons. The summed E-state index contributed by atoms with van der Waals surface area (Å²) in [6.45, 7) is 3.65. The van der Waals surface area contributed by atoms with E-state index in [-0.39, 0.29) is 0 Å². The van der Waals surface area contributed by atoms with Gasteiger partial charge in [0.15, 0.2) is 0 Å². The van der Waals surface area contributed by atoms with Gasteiger partial charge in [0.1, 0.15) is 0 Å². The first kappa shape index (κ1) is 11.9. The zero-order valence-corrected chi connectivity index (χ0v) is 11.6. The molecule has 1 heterocycles. The molecule has 3 aliphatic rings. The molecule has 0 aromatic heterocycles. The van der Waals surface area contributed by atoms with Crippen molar-refractivity contribution in [3.63, 3.8) is 0 Å². The van der Waals surface area contributed by atoms with Gasteiger partial charge in [-0.05, 0) is 49.1 Å². The Bertz CT molecular complexity index is 448. The summed E-state index contributed by atoms with van der Waals surface area (Å²) in [5.74, 6) is 0.865. The van der Waals surface area contributed by atoms with Crippen molar-refractivity contribution in [1.29, 1.82) is 0 Å². The molecule has 102 valence electrons. The molecule has 4 rings (SSSR count). The summed E-state index contributed by atoms with van der Waals surface area (Å²) >= 11 is 0. The molecule has 2 heteroatoms. The molecule has 0 amide bonds. The van der Waals surface area contributed by atoms with Crippen molar-refractivity contribution in [2.24, 2.45) is 0 Å². The van der Waals surface area contributed by atoms with E-state index in [1.807, 2.05) is 0 Å². The molecule has 1 N–H and O–H groups in total. The minimum absolute atomic E-state index is 0.716. The van der Waals surface area contributed by atoms with Crippen LogP contribution in [0.2, 0.25) is 0 Å². The third-order valence-corrected chi connectivity index (χ3v) is 4.94. The number of rotatable bonds is 5. The zero-order valence-electron chi connectivity index (χ0n) is 11.6. The summed E-state index contributed by atoms with van der Waals surface area (Å²) in [4.78, 5) is 2.68. The van der Waals surface area contributed by atoms with Crippen LogP contribution in [-0.2, 0) is 6.54 Å². The van der Waals surface area contributed by atoms with Crippen LogP contribution in [0.15, 0.2) is 24.3 Å². The molecule has 0 bridgehead atoms. The van der Waals surface area contributed by atoms with Crippen molar-refractivity contribution >= 4 is 0 Å². The highest BCUT2D eigenvalue weighted by molar-refractivity contribution is 5.33. The molecule has 1 aromatic carbocycles. The van der Waals surface area contributed by atoms with Gasteiger partial charge in [0.25, 0.3) is 0 Å². The minimum Gasteiger partial charge on any atom is -0.309 e. The second-order valence-corrected chi connectivity index (χ2v) is 6.57. The lowest BCUT2D eigenvalue weighted by molar-refractivity contribution is 0.317. The highest BCUT2D eigenvalue weighted by atomic mass is 15.2. The SMILES string of the molecule is c1ccc(C2CC2)c(CNC2CCN(C3CC3)C2)c1. The molecule has 3 fully saturated rings. The predicted molar refractivity (Wildman–Crippen MR) is 78.3 cm³/mol. The largest absolute Gasteiger partial charge is 0.309 e. The molecule has 1 unspecified atom stereocenters. The van der Waals surface area contributed by atoms with Gasteiger partial charge >= 0.3 is 0 Å². The quantitative estimate of drug-likeness (QED) is 0.871. The van der Waals surface area contributed by atoms with E-state index in [1.165, 1.54) is 50.8 Å². The predicted octanol–water partition coefficient (Wildman–Crippen LogP) is 2.89. The van der Waals surface area contributed by atoms with E-state index in [0.29, 0.717) is 6.04 Å². The maximum absolute atomic E-state index is 3.79. The molecule has 2 saturated carbocycles. The van der Waals surface area contributed by atoms with Crippen LogP contribution in [0.3, 0.4) is 0 Å². The van der Waals surface area contributed by atoms with Crippen LogP contribution in [0.25, 0.3) is 0 Å².